The van der Waals surface area contributed by atoms with Crippen LogP contribution in [0.1, 0.15) is 35.5 Å². The van der Waals surface area contributed by atoms with Crippen LogP contribution in [-0.4, -0.2) is 10.7 Å². The highest BCUT2D eigenvalue weighted by Gasteiger charge is 2.12. The number of benzene rings is 1. The first-order valence-electron chi connectivity index (χ1n) is 7.75. The first-order chi connectivity index (χ1) is 10.6. The van der Waals surface area contributed by atoms with Crippen molar-refractivity contribution >= 4 is 11.8 Å². The fraction of sp³-hybridized carbons (Fsp3) is 0.250. The molecule has 1 aromatic carbocycles. The standard InChI is InChI=1S/C20H21NO/c1-14(2)11-16-6-8-17(9-7-16)18-12-19-15(3)5-4-10-21(19)20(18)13-22/h4-10,12-14H,11H2,1-3H3. The Morgan fingerprint density at radius 3 is 2.50 bits per heavy atom. The molecule has 112 valence electrons. The van der Waals surface area contributed by atoms with Crippen LogP contribution in [0, 0.1) is 12.8 Å². The number of carbonyl (C=O) groups excluding carboxylic acids is 1. The molecule has 0 aliphatic rings. The van der Waals surface area contributed by atoms with E-state index in [2.05, 4.69) is 57.2 Å². The third kappa shape index (κ3) is 2.57. The summed E-state index contributed by atoms with van der Waals surface area (Å²) < 4.78 is 1.97. The maximum Gasteiger partial charge on any atom is 0.167 e. The number of pyridine rings is 1. The van der Waals surface area contributed by atoms with Crippen LogP contribution in [0.4, 0.5) is 0 Å². The number of fused-ring (bicyclic) bond motifs is 1. The molecule has 2 nitrogen and oxygen atoms in total. The summed E-state index contributed by atoms with van der Waals surface area (Å²) in [6.45, 7) is 6.52. The molecule has 0 saturated carbocycles. The van der Waals surface area contributed by atoms with Crippen LogP contribution in [0.15, 0.2) is 48.7 Å². The Hall–Kier alpha value is -2.35. The summed E-state index contributed by atoms with van der Waals surface area (Å²) >= 11 is 0. The Bertz CT molecular complexity index is 810. The van der Waals surface area contributed by atoms with E-state index in [4.69, 9.17) is 0 Å². The van der Waals surface area contributed by atoms with Gasteiger partial charge in [-0.2, -0.15) is 0 Å². The molecule has 0 saturated heterocycles. The van der Waals surface area contributed by atoms with Gasteiger partial charge >= 0.3 is 0 Å². The van der Waals surface area contributed by atoms with Crippen LogP contribution in [0.25, 0.3) is 16.6 Å². The van der Waals surface area contributed by atoms with Crippen molar-refractivity contribution in [2.24, 2.45) is 5.92 Å². The molecule has 0 unspecified atom stereocenters. The van der Waals surface area contributed by atoms with Gasteiger partial charge in [-0.15, -0.1) is 0 Å². The zero-order chi connectivity index (χ0) is 15.7. The minimum atomic E-state index is 0.649. The normalized spacial score (nSPS) is 11.3. The van der Waals surface area contributed by atoms with Crippen molar-refractivity contribution in [2.45, 2.75) is 27.2 Å². The maximum atomic E-state index is 11.6. The Labute approximate surface area is 131 Å². The van der Waals surface area contributed by atoms with Crippen LogP contribution in [0.2, 0.25) is 0 Å². The summed E-state index contributed by atoms with van der Waals surface area (Å²) in [5.41, 5.74) is 6.42. The van der Waals surface area contributed by atoms with E-state index in [9.17, 15) is 4.79 Å². The summed E-state index contributed by atoms with van der Waals surface area (Å²) in [4.78, 5) is 11.6. The van der Waals surface area contributed by atoms with E-state index in [1.807, 2.05) is 16.7 Å². The van der Waals surface area contributed by atoms with E-state index in [-0.39, 0.29) is 0 Å². The fourth-order valence-corrected chi connectivity index (χ4v) is 3.01. The van der Waals surface area contributed by atoms with Gasteiger partial charge in [0, 0.05) is 17.3 Å². The van der Waals surface area contributed by atoms with Crippen LogP contribution in [0.5, 0.6) is 0 Å². The zero-order valence-corrected chi connectivity index (χ0v) is 13.3. The number of nitrogens with zero attached hydrogens (tertiary/aromatic N) is 1. The second-order valence-corrected chi connectivity index (χ2v) is 6.30. The van der Waals surface area contributed by atoms with Gasteiger partial charge < -0.3 is 4.40 Å². The van der Waals surface area contributed by atoms with Crippen molar-refractivity contribution in [1.29, 1.82) is 0 Å². The molecule has 0 amide bonds. The molecule has 2 aromatic heterocycles. The average Bonchev–Trinajstić information content (AvgIpc) is 2.87. The SMILES string of the molecule is Cc1cccn2c(C=O)c(-c3ccc(CC(C)C)cc3)cc12. The number of aromatic nitrogens is 1. The molecule has 0 spiro atoms. The second kappa shape index (κ2) is 5.80. The summed E-state index contributed by atoms with van der Waals surface area (Å²) in [7, 11) is 0. The lowest BCUT2D eigenvalue weighted by atomic mass is 9.99. The summed E-state index contributed by atoms with van der Waals surface area (Å²) in [5.74, 6) is 0.649. The minimum Gasteiger partial charge on any atom is -0.313 e. The number of rotatable bonds is 4. The number of aldehydes is 1. The van der Waals surface area contributed by atoms with Crippen molar-refractivity contribution in [3.63, 3.8) is 0 Å². The monoisotopic (exact) mass is 291 g/mol. The topological polar surface area (TPSA) is 21.5 Å². The molecule has 0 atom stereocenters. The molecule has 22 heavy (non-hydrogen) atoms. The number of aryl methyl sites for hydroxylation is 1. The predicted octanol–water partition coefficient (Wildman–Crippen LogP) is 4.93. The Morgan fingerprint density at radius 1 is 1.14 bits per heavy atom. The van der Waals surface area contributed by atoms with Crippen molar-refractivity contribution in [2.75, 3.05) is 0 Å². The van der Waals surface area contributed by atoms with Gasteiger partial charge in [-0.3, -0.25) is 4.79 Å². The molecule has 3 aromatic rings. The highest BCUT2D eigenvalue weighted by Crippen LogP contribution is 2.28. The van der Waals surface area contributed by atoms with Gasteiger partial charge in [-0.05, 0) is 48.1 Å². The number of carbonyl (C=O) groups is 1. The number of hydrogen-bond acceptors (Lipinski definition) is 1. The van der Waals surface area contributed by atoms with Gasteiger partial charge in [0.2, 0.25) is 0 Å². The Balaban J connectivity index is 2.09. The van der Waals surface area contributed by atoms with Gasteiger partial charge in [0.25, 0.3) is 0 Å². The molecule has 3 rings (SSSR count). The van der Waals surface area contributed by atoms with E-state index in [1.165, 1.54) is 11.1 Å². The molecule has 0 aliphatic heterocycles. The highest BCUT2D eigenvalue weighted by molar-refractivity contribution is 5.90. The lowest BCUT2D eigenvalue weighted by molar-refractivity contribution is 0.111. The largest absolute Gasteiger partial charge is 0.313 e. The molecular weight excluding hydrogens is 270 g/mol. The summed E-state index contributed by atoms with van der Waals surface area (Å²) in [5, 5.41) is 0. The van der Waals surface area contributed by atoms with Gasteiger partial charge in [0.15, 0.2) is 6.29 Å². The van der Waals surface area contributed by atoms with Crippen molar-refractivity contribution in [3.8, 4) is 11.1 Å². The third-order valence-electron chi connectivity index (χ3n) is 4.08. The quantitative estimate of drug-likeness (QED) is 0.625. The van der Waals surface area contributed by atoms with Gasteiger partial charge in [0.1, 0.15) is 0 Å². The third-order valence-corrected chi connectivity index (χ3v) is 4.08. The average molecular weight is 291 g/mol. The second-order valence-electron chi connectivity index (χ2n) is 6.30. The highest BCUT2D eigenvalue weighted by atomic mass is 16.1. The van der Waals surface area contributed by atoms with Crippen LogP contribution in [0.3, 0.4) is 0 Å². The molecule has 2 heterocycles. The lowest BCUT2D eigenvalue weighted by Crippen LogP contribution is -1.94. The molecular formula is C20H21NO. The van der Waals surface area contributed by atoms with Crippen molar-refractivity contribution < 1.29 is 4.79 Å². The molecule has 0 aliphatic carbocycles. The predicted molar refractivity (Wildman–Crippen MR) is 91.5 cm³/mol. The molecule has 0 N–H and O–H groups in total. The first kappa shape index (κ1) is 14.6. The van der Waals surface area contributed by atoms with Crippen LogP contribution < -0.4 is 0 Å². The molecule has 2 heteroatoms. The Kier molecular flexibility index (Phi) is 3.84. The molecule has 0 fully saturated rings. The van der Waals surface area contributed by atoms with Crippen molar-refractivity contribution in [1.82, 2.24) is 4.40 Å². The molecule has 0 radical (unpaired) electrons. The summed E-state index contributed by atoms with van der Waals surface area (Å²) in [6.07, 6.45) is 3.98. The van der Waals surface area contributed by atoms with Crippen molar-refractivity contribution in [3.05, 3.63) is 65.5 Å². The molecule has 0 bridgehead atoms. The fourth-order valence-electron chi connectivity index (χ4n) is 3.01. The smallest absolute Gasteiger partial charge is 0.167 e. The van der Waals surface area contributed by atoms with Gasteiger partial charge in [0.05, 0.1) is 5.69 Å². The lowest BCUT2D eigenvalue weighted by Gasteiger charge is -2.06. The zero-order valence-electron chi connectivity index (χ0n) is 13.3. The van der Waals surface area contributed by atoms with E-state index in [0.717, 1.165) is 35.0 Å². The Morgan fingerprint density at radius 2 is 1.86 bits per heavy atom. The van der Waals surface area contributed by atoms with E-state index in [0.29, 0.717) is 5.92 Å². The maximum absolute atomic E-state index is 11.6. The van der Waals surface area contributed by atoms with E-state index >= 15 is 0 Å². The minimum absolute atomic E-state index is 0.649. The van der Waals surface area contributed by atoms with Crippen LogP contribution in [-0.2, 0) is 6.42 Å². The first-order valence-corrected chi connectivity index (χ1v) is 7.75. The number of hydrogen-bond donors (Lipinski definition) is 0. The van der Waals surface area contributed by atoms with Gasteiger partial charge in [-0.25, -0.2) is 0 Å². The summed E-state index contributed by atoms with van der Waals surface area (Å²) in [6, 6.07) is 14.7. The van der Waals surface area contributed by atoms with Crippen LogP contribution >= 0.6 is 0 Å². The van der Waals surface area contributed by atoms with Gasteiger partial charge in [-0.1, -0.05) is 44.2 Å². The van der Waals surface area contributed by atoms with E-state index in [1.54, 1.807) is 0 Å². The van der Waals surface area contributed by atoms with E-state index < -0.39 is 0 Å².